The summed E-state index contributed by atoms with van der Waals surface area (Å²) in [4.78, 5) is 30.2. The quantitative estimate of drug-likeness (QED) is 0.715. The van der Waals surface area contributed by atoms with Gasteiger partial charge in [-0.3, -0.25) is 14.5 Å². The molecule has 7 heteroatoms. The van der Waals surface area contributed by atoms with E-state index in [9.17, 15) is 9.59 Å². The SMILES string of the molecule is CCCN1C[C@@H](C)[C@@H](OC)CN(C)C(=O)c2cc(NC(=O)c3ccccc3)ccc2OC[C@@H]1C. The van der Waals surface area contributed by atoms with Gasteiger partial charge in [0.1, 0.15) is 12.4 Å². The van der Waals surface area contributed by atoms with Crippen LogP contribution >= 0.6 is 0 Å². The molecule has 0 saturated heterocycles. The molecule has 0 unspecified atom stereocenters. The average Bonchev–Trinajstić information content (AvgIpc) is 2.85. The molecule has 3 rings (SSSR count). The van der Waals surface area contributed by atoms with Gasteiger partial charge in [-0.2, -0.15) is 0 Å². The number of fused-ring (bicyclic) bond motifs is 1. The molecule has 1 heterocycles. The number of rotatable bonds is 5. The maximum absolute atomic E-state index is 13.4. The first-order valence-electron chi connectivity index (χ1n) is 12.0. The van der Waals surface area contributed by atoms with E-state index >= 15 is 0 Å². The van der Waals surface area contributed by atoms with E-state index in [0.717, 1.165) is 19.5 Å². The van der Waals surface area contributed by atoms with Gasteiger partial charge in [-0.15, -0.1) is 0 Å². The van der Waals surface area contributed by atoms with Crippen molar-refractivity contribution in [1.29, 1.82) is 0 Å². The number of carbonyl (C=O) groups is 2. The van der Waals surface area contributed by atoms with E-state index in [1.807, 2.05) is 18.2 Å². The molecule has 3 atom stereocenters. The van der Waals surface area contributed by atoms with Gasteiger partial charge >= 0.3 is 0 Å². The molecule has 2 aromatic carbocycles. The van der Waals surface area contributed by atoms with Crippen LogP contribution in [0.25, 0.3) is 0 Å². The monoisotopic (exact) mass is 467 g/mol. The summed E-state index contributed by atoms with van der Waals surface area (Å²) in [6, 6.07) is 14.4. The number of carbonyl (C=O) groups excluding carboxylic acids is 2. The Balaban J connectivity index is 1.91. The summed E-state index contributed by atoms with van der Waals surface area (Å²) >= 11 is 0. The minimum atomic E-state index is -0.229. The van der Waals surface area contributed by atoms with Crippen LogP contribution in [-0.4, -0.2) is 74.2 Å². The van der Waals surface area contributed by atoms with Gasteiger partial charge in [0.15, 0.2) is 0 Å². The van der Waals surface area contributed by atoms with E-state index in [1.54, 1.807) is 49.4 Å². The van der Waals surface area contributed by atoms with Crippen molar-refractivity contribution >= 4 is 17.5 Å². The maximum Gasteiger partial charge on any atom is 0.257 e. The number of methoxy groups -OCH3 is 1. The van der Waals surface area contributed by atoms with Gasteiger partial charge in [0, 0.05) is 44.5 Å². The summed E-state index contributed by atoms with van der Waals surface area (Å²) < 4.78 is 12.0. The lowest BCUT2D eigenvalue weighted by atomic mass is 10.0. The normalized spacial score (nSPS) is 22.2. The Kier molecular flexibility index (Phi) is 9.07. The highest BCUT2D eigenvalue weighted by Crippen LogP contribution is 2.27. The highest BCUT2D eigenvalue weighted by Gasteiger charge is 2.28. The van der Waals surface area contributed by atoms with Crippen molar-refractivity contribution < 1.29 is 19.1 Å². The van der Waals surface area contributed by atoms with Crippen LogP contribution in [0.2, 0.25) is 0 Å². The second kappa shape index (κ2) is 12.0. The summed E-state index contributed by atoms with van der Waals surface area (Å²) in [6.07, 6.45) is 0.957. The van der Waals surface area contributed by atoms with Crippen LogP contribution < -0.4 is 10.1 Å². The zero-order valence-electron chi connectivity index (χ0n) is 20.9. The number of benzene rings is 2. The average molecular weight is 468 g/mol. The number of nitrogens with one attached hydrogen (secondary N) is 1. The Morgan fingerprint density at radius 1 is 1.15 bits per heavy atom. The standard InChI is InChI=1S/C27H37N3O4/c1-6-14-30-16-19(2)25(33-5)17-29(4)27(32)23-15-22(12-13-24(23)34-18-20(30)3)28-26(31)21-10-8-7-9-11-21/h7-13,15,19-20,25H,6,14,16-18H2,1-5H3,(H,28,31)/t19-,20+,25+/m1/s1. The summed E-state index contributed by atoms with van der Waals surface area (Å²) in [5, 5.41) is 2.89. The topological polar surface area (TPSA) is 71.1 Å². The molecule has 34 heavy (non-hydrogen) atoms. The smallest absolute Gasteiger partial charge is 0.257 e. The fourth-order valence-electron chi connectivity index (χ4n) is 4.32. The molecule has 2 amide bonds. The van der Waals surface area contributed by atoms with Crippen molar-refractivity contribution in [2.75, 3.05) is 45.7 Å². The molecule has 0 bridgehead atoms. The molecule has 0 saturated carbocycles. The highest BCUT2D eigenvalue weighted by molar-refractivity contribution is 6.05. The lowest BCUT2D eigenvalue weighted by molar-refractivity contribution is 0.0108. The third kappa shape index (κ3) is 6.36. The van der Waals surface area contributed by atoms with Crippen LogP contribution in [0.4, 0.5) is 5.69 Å². The highest BCUT2D eigenvalue weighted by atomic mass is 16.5. The van der Waals surface area contributed by atoms with Gasteiger partial charge in [-0.25, -0.2) is 0 Å². The van der Waals surface area contributed by atoms with Gasteiger partial charge in [-0.05, 0) is 56.1 Å². The van der Waals surface area contributed by atoms with Gasteiger partial charge in [0.25, 0.3) is 11.8 Å². The van der Waals surface area contributed by atoms with E-state index in [4.69, 9.17) is 9.47 Å². The maximum atomic E-state index is 13.4. The molecule has 1 N–H and O–H groups in total. The molecule has 7 nitrogen and oxygen atoms in total. The van der Waals surface area contributed by atoms with Crippen molar-refractivity contribution in [1.82, 2.24) is 9.80 Å². The number of hydrogen-bond acceptors (Lipinski definition) is 5. The molecule has 0 fully saturated rings. The predicted octanol–water partition coefficient (Wildman–Crippen LogP) is 4.15. The number of nitrogens with zero attached hydrogens (tertiary/aromatic N) is 2. The summed E-state index contributed by atoms with van der Waals surface area (Å²) in [5.41, 5.74) is 1.52. The summed E-state index contributed by atoms with van der Waals surface area (Å²) in [6.45, 7) is 9.26. The predicted molar refractivity (Wildman–Crippen MR) is 135 cm³/mol. The van der Waals surface area contributed by atoms with Gasteiger partial charge in [-0.1, -0.05) is 32.0 Å². The number of likely N-dealkylation sites (N-methyl/N-ethyl adjacent to an activating group) is 1. The van der Waals surface area contributed by atoms with Crippen LogP contribution in [0.5, 0.6) is 5.75 Å². The van der Waals surface area contributed by atoms with E-state index in [0.29, 0.717) is 35.7 Å². The third-order valence-electron chi connectivity index (χ3n) is 6.38. The molecular weight excluding hydrogens is 430 g/mol. The van der Waals surface area contributed by atoms with Crippen molar-refractivity contribution in [3.8, 4) is 5.75 Å². The van der Waals surface area contributed by atoms with Crippen molar-refractivity contribution in [2.45, 2.75) is 39.3 Å². The number of hydrogen-bond donors (Lipinski definition) is 1. The van der Waals surface area contributed by atoms with Crippen molar-refractivity contribution in [3.63, 3.8) is 0 Å². The second-order valence-electron chi connectivity index (χ2n) is 9.12. The Morgan fingerprint density at radius 3 is 2.56 bits per heavy atom. The molecular formula is C27H37N3O4. The lowest BCUT2D eigenvalue weighted by Gasteiger charge is -2.35. The zero-order valence-corrected chi connectivity index (χ0v) is 20.9. The Bertz CT molecular complexity index is 966. The van der Waals surface area contributed by atoms with Gasteiger partial charge in [0.2, 0.25) is 0 Å². The van der Waals surface area contributed by atoms with Crippen LogP contribution in [-0.2, 0) is 4.74 Å². The first-order chi connectivity index (χ1) is 16.3. The number of ether oxygens (including phenoxy) is 2. The van der Waals surface area contributed by atoms with E-state index in [2.05, 4.69) is 31.0 Å². The molecule has 1 aliphatic heterocycles. The van der Waals surface area contributed by atoms with E-state index < -0.39 is 0 Å². The van der Waals surface area contributed by atoms with Crippen LogP contribution in [0, 0.1) is 5.92 Å². The number of anilines is 1. The van der Waals surface area contributed by atoms with E-state index in [1.165, 1.54) is 0 Å². The van der Waals surface area contributed by atoms with Gasteiger partial charge < -0.3 is 19.7 Å². The molecule has 0 aromatic heterocycles. The van der Waals surface area contributed by atoms with Gasteiger partial charge in [0.05, 0.1) is 11.7 Å². The second-order valence-corrected chi connectivity index (χ2v) is 9.12. The fourth-order valence-corrected chi connectivity index (χ4v) is 4.32. The minimum absolute atomic E-state index is 0.0923. The Hall–Kier alpha value is -2.90. The summed E-state index contributed by atoms with van der Waals surface area (Å²) in [5.74, 6) is 0.358. The fraction of sp³-hybridized carbons (Fsp3) is 0.481. The Labute approximate surface area is 203 Å². The zero-order chi connectivity index (χ0) is 24.7. The molecule has 184 valence electrons. The lowest BCUT2D eigenvalue weighted by Crippen LogP contribution is -2.46. The van der Waals surface area contributed by atoms with E-state index in [-0.39, 0.29) is 29.9 Å². The van der Waals surface area contributed by atoms with Crippen LogP contribution in [0.1, 0.15) is 47.9 Å². The first-order valence-corrected chi connectivity index (χ1v) is 12.0. The minimum Gasteiger partial charge on any atom is -0.491 e. The van der Waals surface area contributed by atoms with Crippen molar-refractivity contribution in [2.24, 2.45) is 5.92 Å². The summed E-state index contributed by atoms with van der Waals surface area (Å²) in [7, 11) is 3.48. The first kappa shape index (κ1) is 25.7. The van der Waals surface area contributed by atoms with Crippen LogP contribution in [0.15, 0.2) is 48.5 Å². The number of amides is 2. The van der Waals surface area contributed by atoms with Crippen molar-refractivity contribution in [3.05, 3.63) is 59.7 Å². The molecule has 2 aromatic rings. The molecule has 0 aliphatic carbocycles. The third-order valence-corrected chi connectivity index (χ3v) is 6.38. The molecule has 1 aliphatic rings. The molecule has 0 spiro atoms. The Morgan fingerprint density at radius 2 is 1.88 bits per heavy atom. The largest absolute Gasteiger partial charge is 0.491 e. The molecule has 0 radical (unpaired) electrons. The van der Waals surface area contributed by atoms with Crippen LogP contribution in [0.3, 0.4) is 0 Å².